The molecule has 2 aromatic heterocycles. The van der Waals surface area contributed by atoms with E-state index >= 15 is 0 Å². The molecule has 0 amide bonds. The number of aromatic nitrogens is 4. The SMILES string of the molecule is CN=C(NCc1cccc(-c2ccccn2)c1)NC1CCc2ncnn2C1.I. The van der Waals surface area contributed by atoms with Gasteiger partial charge in [0.05, 0.1) is 12.2 Å². The van der Waals surface area contributed by atoms with Crippen molar-refractivity contribution in [2.75, 3.05) is 7.05 Å². The maximum atomic E-state index is 4.42. The van der Waals surface area contributed by atoms with Crippen molar-refractivity contribution in [3.05, 3.63) is 66.4 Å². The highest BCUT2D eigenvalue weighted by Crippen LogP contribution is 2.17. The molecule has 3 aromatic rings. The maximum Gasteiger partial charge on any atom is 0.191 e. The normalized spacial score (nSPS) is 16.0. The summed E-state index contributed by atoms with van der Waals surface area (Å²) in [6, 6.07) is 14.7. The summed E-state index contributed by atoms with van der Waals surface area (Å²) in [4.78, 5) is 13.1. The van der Waals surface area contributed by atoms with E-state index in [-0.39, 0.29) is 24.0 Å². The molecule has 0 bridgehead atoms. The fourth-order valence-electron chi connectivity index (χ4n) is 3.30. The standard InChI is InChI=1S/C20H23N7.HI/c1-21-20(26-17-8-9-19-24-14-25-27(19)13-17)23-12-15-5-4-6-16(11-15)18-7-2-3-10-22-18;/h2-7,10-11,14,17H,8-9,12-13H2,1H3,(H2,21,23,26);1H. The van der Waals surface area contributed by atoms with Crippen molar-refractivity contribution >= 4 is 29.9 Å². The van der Waals surface area contributed by atoms with Crippen molar-refractivity contribution in [2.24, 2.45) is 4.99 Å². The van der Waals surface area contributed by atoms with Gasteiger partial charge in [0.25, 0.3) is 0 Å². The molecule has 1 atom stereocenters. The Bertz CT molecular complexity index is 923. The first-order valence-electron chi connectivity index (χ1n) is 9.16. The van der Waals surface area contributed by atoms with E-state index in [1.54, 1.807) is 13.4 Å². The molecule has 0 saturated heterocycles. The van der Waals surface area contributed by atoms with E-state index in [1.807, 2.05) is 29.1 Å². The van der Waals surface area contributed by atoms with E-state index in [2.05, 4.69) is 55.0 Å². The Morgan fingerprint density at radius 1 is 1.21 bits per heavy atom. The van der Waals surface area contributed by atoms with Crippen LogP contribution in [0.5, 0.6) is 0 Å². The largest absolute Gasteiger partial charge is 0.352 e. The Morgan fingerprint density at radius 2 is 2.14 bits per heavy atom. The molecule has 1 aromatic carbocycles. The van der Waals surface area contributed by atoms with Crippen molar-refractivity contribution in [2.45, 2.75) is 32.0 Å². The third kappa shape index (κ3) is 4.86. The Labute approximate surface area is 181 Å². The summed E-state index contributed by atoms with van der Waals surface area (Å²) < 4.78 is 1.96. The molecule has 7 nitrogen and oxygen atoms in total. The second kappa shape index (κ2) is 9.63. The van der Waals surface area contributed by atoms with E-state index in [9.17, 15) is 0 Å². The number of aryl methyl sites for hydroxylation is 1. The summed E-state index contributed by atoms with van der Waals surface area (Å²) in [5.74, 6) is 1.86. The van der Waals surface area contributed by atoms with E-state index in [1.165, 1.54) is 5.56 Å². The lowest BCUT2D eigenvalue weighted by Crippen LogP contribution is -2.46. The van der Waals surface area contributed by atoms with Crippen LogP contribution in [0.1, 0.15) is 17.8 Å². The fraction of sp³-hybridized carbons (Fsp3) is 0.300. The molecule has 146 valence electrons. The highest BCUT2D eigenvalue weighted by molar-refractivity contribution is 14.0. The number of benzene rings is 1. The van der Waals surface area contributed by atoms with Crippen molar-refractivity contribution in [3.8, 4) is 11.3 Å². The van der Waals surface area contributed by atoms with Gasteiger partial charge in [-0.25, -0.2) is 9.67 Å². The van der Waals surface area contributed by atoms with Gasteiger partial charge in [-0.2, -0.15) is 5.10 Å². The zero-order chi connectivity index (χ0) is 18.5. The summed E-state index contributed by atoms with van der Waals surface area (Å²) in [7, 11) is 1.80. The maximum absolute atomic E-state index is 4.42. The van der Waals surface area contributed by atoms with Crippen LogP contribution < -0.4 is 10.6 Å². The van der Waals surface area contributed by atoms with E-state index in [0.29, 0.717) is 12.6 Å². The monoisotopic (exact) mass is 489 g/mol. The van der Waals surface area contributed by atoms with Gasteiger partial charge in [0.2, 0.25) is 0 Å². The van der Waals surface area contributed by atoms with Gasteiger partial charge in [0, 0.05) is 37.8 Å². The van der Waals surface area contributed by atoms with Crippen LogP contribution in [0, 0.1) is 0 Å². The fourth-order valence-corrected chi connectivity index (χ4v) is 3.30. The third-order valence-corrected chi connectivity index (χ3v) is 4.72. The lowest BCUT2D eigenvalue weighted by Gasteiger charge is -2.25. The van der Waals surface area contributed by atoms with Gasteiger partial charge in [-0.05, 0) is 30.2 Å². The minimum absolute atomic E-state index is 0. The highest BCUT2D eigenvalue weighted by Gasteiger charge is 2.20. The lowest BCUT2D eigenvalue weighted by atomic mass is 10.1. The molecule has 4 rings (SSSR count). The number of nitrogens with one attached hydrogen (secondary N) is 2. The van der Waals surface area contributed by atoms with Crippen molar-refractivity contribution in [1.29, 1.82) is 0 Å². The van der Waals surface area contributed by atoms with Crippen LogP contribution in [0.2, 0.25) is 0 Å². The number of hydrogen-bond donors (Lipinski definition) is 2. The number of guanidine groups is 1. The van der Waals surface area contributed by atoms with Crippen molar-refractivity contribution in [3.63, 3.8) is 0 Å². The van der Waals surface area contributed by atoms with E-state index < -0.39 is 0 Å². The molecule has 1 aliphatic heterocycles. The molecule has 0 saturated carbocycles. The molecule has 8 heteroatoms. The summed E-state index contributed by atoms with van der Waals surface area (Å²) in [6.45, 7) is 1.51. The molecule has 0 spiro atoms. The van der Waals surface area contributed by atoms with Gasteiger partial charge in [-0.15, -0.1) is 24.0 Å². The van der Waals surface area contributed by atoms with Crippen LogP contribution in [0.25, 0.3) is 11.3 Å². The predicted molar refractivity (Wildman–Crippen MR) is 121 cm³/mol. The van der Waals surface area contributed by atoms with Gasteiger partial charge >= 0.3 is 0 Å². The molecular weight excluding hydrogens is 465 g/mol. The molecule has 1 aliphatic rings. The Balaban J connectivity index is 0.00000225. The quantitative estimate of drug-likeness (QED) is 0.335. The average molecular weight is 489 g/mol. The first-order valence-corrected chi connectivity index (χ1v) is 9.16. The Hall–Kier alpha value is -2.49. The van der Waals surface area contributed by atoms with E-state index in [0.717, 1.165) is 42.4 Å². The topological polar surface area (TPSA) is 80.0 Å². The van der Waals surface area contributed by atoms with Crippen LogP contribution in [0.3, 0.4) is 0 Å². The van der Waals surface area contributed by atoms with Gasteiger partial charge in [0.15, 0.2) is 5.96 Å². The molecule has 28 heavy (non-hydrogen) atoms. The Kier molecular flexibility index (Phi) is 6.96. The van der Waals surface area contributed by atoms with Crippen LogP contribution in [0.4, 0.5) is 0 Å². The molecule has 0 radical (unpaired) electrons. The zero-order valence-electron chi connectivity index (χ0n) is 15.7. The number of fused-ring (bicyclic) bond motifs is 1. The number of aliphatic imine (C=N–C) groups is 1. The number of nitrogens with zero attached hydrogens (tertiary/aromatic N) is 5. The third-order valence-electron chi connectivity index (χ3n) is 4.72. The summed E-state index contributed by atoms with van der Waals surface area (Å²) >= 11 is 0. The molecule has 1 unspecified atom stereocenters. The second-order valence-electron chi connectivity index (χ2n) is 6.58. The number of rotatable bonds is 4. The van der Waals surface area contributed by atoms with Crippen LogP contribution in [0.15, 0.2) is 60.0 Å². The number of halogens is 1. The molecule has 0 fully saturated rings. The summed E-state index contributed by atoms with van der Waals surface area (Å²) in [5.41, 5.74) is 3.28. The van der Waals surface area contributed by atoms with Crippen molar-refractivity contribution < 1.29 is 0 Å². The first kappa shape index (κ1) is 20.2. The van der Waals surface area contributed by atoms with E-state index in [4.69, 9.17) is 0 Å². The smallest absolute Gasteiger partial charge is 0.191 e. The average Bonchev–Trinajstić information content (AvgIpc) is 3.20. The first-order chi connectivity index (χ1) is 13.3. The van der Waals surface area contributed by atoms with Gasteiger partial charge in [-0.1, -0.05) is 24.3 Å². The molecule has 3 heterocycles. The minimum atomic E-state index is 0. The number of pyridine rings is 1. The summed E-state index contributed by atoms with van der Waals surface area (Å²) in [6.07, 6.45) is 5.39. The summed E-state index contributed by atoms with van der Waals surface area (Å²) in [5, 5.41) is 11.2. The molecular formula is C20H24IN7. The highest BCUT2D eigenvalue weighted by atomic mass is 127. The van der Waals surface area contributed by atoms with Crippen LogP contribution in [-0.2, 0) is 19.5 Å². The van der Waals surface area contributed by atoms with Gasteiger partial charge in [-0.3, -0.25) is 9.98 Å². The van der Waals surface area contributed by atoms with Crippen LogP contribution >= 0.6 is 24.0 Å². The zero-order valence-corrected chi connectivity index (χ0v) is 18.1. The lowest BCUT2D eigenvalue weighted by molar-refractivity contribution is 0.392. The van der Waals surface area contributed by atoms with Crippen LogP contribution in [-0.4, -0.2) is 38.8 Å². The van der Waals surface area contributed by atoms with Gasteiger partial charge in [0.1, 0.15) is 12.2 Å². The predicted octanol–water partition coefficient (Wildman–Crippen LogP) is 2.64. The number of hydrogen-bond acceptors (Lipinski definition) is 4. The van der Waals surface area contributed by atoms with Crippen molar-refractivity contribution in [1.82, 2.24) is 30.4 Å². The minimum Gasteiger partial charge on any atom is -0.352 e. The Morgan fingerprint density at radius 3 is 2.96 bits per heavy atom. The molecule has 2 N–H and O–H groups in total. The second-order valence-corrected chi connectivity index (χ2v) is 6.58. The van der Waals surface area contributed by atoms with Gasteiger partial charge < -0.3 is 10.6 Å². The molecule has 0 aliphatic carbocycles.